The Bertz CT molecular complexity index is 619. The SMILES string of the molecule is CSc1cc(Br)cc(Nc2nccc(C(F)(F)F)n2)c1. The molecule has 0 atom stereocenters. The lowest BCUT2D eigenvalue weighted by Gasteiger charge is -2.09. The summed E-state index contributed by atoms with van der Waals surface area (Å²) in [4.78, 5) is 8.21. The molecule has 2 aromatic rings. The molecule has 3 nitrogen and oxygen atoms in total. The predicted molar refractivity (Wildman–Crippen MR) is 76.2 cm³/mol. The van der Waals surface area contributed by atoms with E-state index < -0.39 is 11.9 Å². The van der Waals surface area contributed by atoms with Gasteiger partial charge in [-0.05, 0) is 30.5 Å². The van der Waals surface area contributed by atoms with Crippen LogP contribution in [0.25, 0.3) is 0 Å². The largest absolute Gasteiger partial charge is 0.433 e. The maximum absolute atomic E-state index is 12.6. The van der Waals surface area contributed by atoms with Gasteiger partial charge in [0.1, 0.15) is 5.69 Å². The van der Waals surface area contributed by atoms with Crippen molar-refractivity contribution in [3.05, 3.63) is 40.6 Å². The van der Waals surface area contributed by atoms with E-state index >= 15 is 0 Å². The van der Waals surface area contributed by atoms with Gasteiger partial charge >= 0.3 is 6.18 Å². The lowest BCUT2D eigenvalue weighted by atomic mass is 10.3. The highest BCUT2D eigenvalue weighted by Crippen LogP contribution is 2.29. The molecule has 0 aliphatic rings. The normalized spacial score (nSPS) is 11.4. The van der Waals surface area contributed by atoms with Gasteiger partial charge in [0, 0.05) is 21.3 Å². The number of hydrogen-bond acceptors (Lipinski definition) is 4. The van der Waals surface area contributed by atoms with Gasteiger partial charge in [-0.2, -0.15) is 13.2 Å². The molecule has 0 bridgehead atoms. The Balaban J connectivity index is 2.28. The maximum atomic E-state index is 12.6. The zero-order chi connectivity index (χ0) is 14.8. The molecule has 0 saturated heterocycles. The van der Waals surface area contributed by atoms with Gasteiger partial charge < -0.3 is 5.32 Å². The molecule has 0 aliphatic heterocycles. The van der Waals surface area contributed by atoms with E-state index in [1.807, 2.05) is 12.3 Å². The van der Waals surface area contributed by atoms with Crippen molar-refractivity contribution in [3.8, 4) is 0 Å². The number of nitrogens with one attached hydrogen (secondary N) is 1. The zero-order valence-electron chi connectivity index (χ0n) is 10.2. The Morgan fingerprint density at radius 1 is 1.25 bits per heavy atom. The molecule has 2 rings (SSSR count). The van der Waals surface area contributed by atoms with Gasteiger partial charge in [0.05, 0.1) is 0 Å². The highest BCUT2D eigenvalue weighted by Gasteiger charge is 2.32. The van der Waals surface area contributed by atoms with Crippen LogP contribution in [0.1, 0.15) is 5.69 Å². The minimum Gasteiger partial charge on any atom is -0.324 e. The smallest absolute Gasteiger partial charge is 0.324 e. The van der Waals surface area contributed by atoms with Crippen molar-refractivity contribution in [1.82, 2.24) is 9.97 Å². The molecule has 106 valence electrons. The molecule has 20 heavy (non-hydrogen) atoms. The summed E-state index contributed by atoms with van der Waals surface area (Å²) >= 11 is 4.86. The van der Waals surface area contributed by atoms with E-state index in [1.54, 1.807) is 12.1 Å². The third-order valence-electron chi connectivity index (χ3n) is 2.31. The summed E-state index contributed by atoms with van der Waals surface area (Å²) in [5.41, 5.74) is -0.363. The van der Waals surface area contributed by atoms with Crippen molar-refractivity contribution in [2.75, 3.05) is 11.6 Å². The Kier molecular flexibility index (Phi) is 4.54. The van der Waals surface area contributed by atoms with Gasteiger partial charge in [0.2, 0.25) is 5.95 Å². The quantitative estimate of drug-likeness (QED) is 0.800. The lowest BCUT2D eigenvalue weighted by Crippen LogP contribution is -2.10. The van der Waals surface area contributed by atoms with E-state index in [0.717, 1.165) is 21.6 Å². The van der Waals surface area contributed by atoms with Gasteiger partial charge in [-0.3, -0.25) is 0 Å². The Labute approximate surface area is 126 Å². The molecular formula is C12H9BrF3N3S. The summed E-state index contributed by atoms with van der Waals surface area (Å²) in [6.45, 7) is 0. The molecule has 0 amide bonds. The summed E-state index contributed by atoms with van der Waals surface area (Å²) in [6, 6.07) is 6.28. The van der Waals surface area contributed by atoms with Crippen LogP contribution in [0.5, 0.6) is 0 Å². The van der Waals surface area contributed by atoms with Crippen molar-refractivity contribution in [2.24, 2.45) is 0 Å². The van der Waals surface area contributed by atoms with E-state index in [9.17, 15) is 13.2 Å². The van der Waals surface area contributed by atoms with Crippen LogP contribution >= 0.6 is 27.7 Å². The topological polar surface area (TPSA) is 37.8 Å². The maximum Gasteiger partial charge on any atom is 0.433 e. The predicted octanol–water partition coefficient (Wildman–Crippen LogP) is 4.72. The summed E-state index contributed by atoms with van der Waals surface area (Å²) in [5, 5.41) is 2.77. The van der Waals surface area contributed by atoms with Crippen molar-refractivity contribution < 1.29 is 13.2 Å². The van der Waals surface area contributed by atoms with Crippen LogP contribution in [-0.4, -0.2) is 16.2 Å². The van der Waals surface area contributed by atoms with E-state index in [2.05, 4.69) is 31.2 Å². The average Bonchev–Trinajstić information content (AvgIpc) is 2.37. The Hall–Kier alpha value is -1.28. The number of aromatic nitrogens is 2. The zero-order valence-corrected chi connectivity index (χ0v) is 12.6. The first kappa shape index (κ1) is 15.1. The number of alkyl halides is 3. The Morgan fingerprint density at radius 3 is 2.65 bits per heavy atom. The fourth-order valence-electron chi connectivity index (χ4n) is 1.46. The fraction of sp³-hybridized carbons (Fsp3) is 0.167. The second-order valence-electron chi connectivity index (χ2n) is 3.77. The molecular weight excluding hydrogens is 355 g/mol. The molecule has 8 heteroatoms. The Morgan fingerprint density at radius 2 is 2.00 bits per heavy atom. The molecule has 0 radical (unpaired) electrons. The molecule has 1 heterocycles. The standard InChI is InChI=1S/C12H9BrF3N3S/c1-20-9-5-7(13)4-8(6-9)18-11-17-3-2-10(19-11)12(14,15)16/h2-6H,1H3,(H,17,18,19). The number of thioether (sulfide) groups is 1. The summed E-state index contributed by atoms with van der Waals surface area (Å²) in [5.74, 6) is -0.0926. The third kappa shape index (κ3) is 3.86. The van der Waals surface area contributed by atoms with Crippen molar-refractivity contribution in [1.29, 1.82) is 0 Å². The minimum absolute atomic E-state index is 0.0926. The third-order valence-corrected chi connectivity index (χ3v) is 3.47. The van der Waals surface area contributed by atoms with Crippen LogP contribution in [0, 0.1) is 0 Å². The first-order chi connectivity index (χ1) is 9.38. The van der Waals surface area contributed by atoms with Gasteiger partial charge in [-0.1, -0.05) is 15.9 Å². The second-order valence-corrected chi connectivity index (χ2v) is 5.56. The summed E-state index contributed by atoms with van der Waals surface area (Å²) in [6.07, 6.45) is -1.50. The fourth-order valence-corrected chi connectivity index (χ4v) is 2.59. The number of rotatable bonds is 3. The van der Waals surface area contributed by atoms with Crippen LogP contribution in [0.2, 0.25) is 0 Å². The minimum atomic E-state index is -4.49. The summed E-state index contributed by atoms with van der Waals surface area (Å²) < 4.78 is 38.5. The van der Waals surface area contributed by atoms with Crippen LogP contribution in [0.4, 0.5) is 24.8 Å². The van der Waals surface area contributed by atoms with Crippen LogP contribution in [0.15, 0.2) is 39.8 Å². The molecule has 0 spiro atoms. The number of anilines is 2. The van der Waals surface area contributed by atoms with Crippen molar-refractivity contribution >= 4 is 39.3 Å². The van der Waals surface area contributed by atoms with Crippen LogP contribution in [-0.2, 0) is 6.18 Å². The first-order valence-electron chi connectivity index (χ1n) is 5.40. The van der Waals surface area contributed by atoms with Crippen molar-refractivity contribution in [3.63, 3.8) is 0 Å². The van der Waals surface area contributed by atoms with Crippen LogP contribution < -0.4 is 5.32 Å². The molecule has 0 unspecified atom stereocenters. The average molecular weight is 364 g/mol. The van der Waals surface area contributed by atoms with Gasteiger partial charge in [-0.25, -0.2) is 9.97 Å². The van der Waals surface area contributed by atoms with Gasteiger partial charge in [-0.15, -0.1) is 11.8 Å². The second kappa shape index (κ2) is 6.01. The molecule has 0 fully saturated rings. The van der Waals surface area contributed by atoms with Crippen molar-refractivity contribution in [2.45, 2.75) is 11.1 Å². The first-order valence-corrected chi connectivity index (χ1v) is 7.42. The van der Waals surface area contributed by atoms with E-state index in [4.69, 9.17) is 0 Å². The molecule has 0 saturated carbocycles. The molecule has 1 N–H and O–H groups in total. The molecule has 1 aromatic heterocycles. The van der Waals surface area contributed by atoms with Crippen LogP contribution in [0.3, 0.4) is 0 Å². The number of hydrogen-bond donors (Lipinski definition) is 1. The van der Waals surface area contributed by atoms with E-state index in [-0.39, 0.29) is 5.95 Å². The highest BCUT2D eigenvalue weighted by atomic mass is 79.9. The number of nitrogens with zero attached hydrogens (tertiary/aromatic N) is 2. The number of halogens is 4. The lowest BCUT2D eigenvalue weighted by molar-refractivity contribution is -0.141. The van der Waals surface area contributed by atoms with E-state index in [0.29, 0.717) is 5.69 Å². The van der Waals surface area contributed by atoms with Gasteiger partial charge in [0.15, 0.2) is 0 Å². The highest BCUT2D eigenvalue weighted by molar-refractivity contribution is 9.10. The van der Waals surface area contributed by atoms with Gasteiger partial charge in [0.25, 0.3) is 0 Å². The number of benzene rings is 1. The monoisotopic (exact) mass is 363 g/mol. The molecule has 0 aliphatic carbocycles. The summed E-state index contributed by atoms with van der Waals surface area (Å²) in [7, 11) is 0. The van der Waals surface area contributed by atoms with E-state index in [1.165, 1.54) is 11.8 Å². The molecule has 1 aromatic carbocycles.